The average molecular weight is 321 g/mol. The van der Waals surface area contributed by atoms with Gasteiger partial charge in [0.05, 0.1) is 0 Å². The molecule has 0 fully saturated rings. The van der Waals surface area contributed by atoms with E-state index in [1.807, 2.05) is 26.0 Å². The van der Waals surface area contributed by atoms with Crippen molar-refractivity contribution in [3.63, 3.8) is 0 Å². The molecule has 0 atom stereocenters. The second kappa shape index (κ2) is 6.76. The van der Waals surface area contributed by atoms with Crippen LogP contribution < -0.4 is 0 Å². The molecule has 0 saturated carbocycles. The quantitative estimate of drug-likeness (QED) is 0.639. The van der Waals surface area contributed by atoms with E-state index in [2.05, 4.69) is 36.6 Å². The fourth-order valence-electron chi connectivity index (χ4n) is 2.90. The Kier molecular flexibility index (Phi) is 4.94. The molecule has 1 amide bonds. The van der Waals surface area contributed by atoms with Crippen LogP contribution in [0.4, 0.5) is 0 Å². The summed E-state index contributed by atoms with van der Waals surface area (Å²) in [6, 6.07) is 10.4. The van der Waals surface area contributed by atoms with Crippen LogP contribution in [0.5, 0.6) is 0 Å². The van der Waals surface area contributed by atoms with Crippen molar-refractivity contribution in [3.05, 3.63) is 57.9 Å². The zero-order valence-corrected chi connectivity index (χ0v) is 15.1. The fraction of sp³-hybridized carbons (Fsp3) is 0.300. The van der Waals surface area contributed by atoms with Crippen LogP contribution in [-0.4, -0.2) is 29.5 Å². The minimum absolute atomic E-state index is 0.140. The van der Waals surface area contributed by atoms with E-state index < -0.39 is 0 Å². The second-order valence-electron chi connectivity index (χ2n) is 6.32. The molecule has 2 rings (SSSR count). The largest absolute Gasteiger partial charge is 0.344 e. The molecule has 4 nitrogen and oxygen atoms in total. The zero-order chi connectivity index (χ0) is 18.0. The molecule has 0 aliphatic rings. The SMILES string of the molecule is Cc1ccc(-n2c(C)cc(/C=C(/C#N)C(=O)N(C)C)c2C)c(C)c1. The lowest BCUT2D eigenvalue weighted by Crippen LogP contribution is -2.22. The molecule has 0 spiro atoms. The van der Waals surface area contributed by atoms with Gasteiger partial charge in [0.2, 0.25) is 0 Å². The van der Waals surface area contributed by atoms with Gasteiger partial charge in [0.1, 0.15) is 11.6 Å². The van der Waals surface area contributed by atoms with Crippen molar-refractivity contribution >= 4 is 12.0 Å². The maximum Gasteiger partial charge on any atom is 0.264 e. The van der Waals surface area contributed by atoms with Crippen LogP contribution in [0.2, 0.25) is 0 Å². The van der Waals surface area contributed by atoms with Crippen LogP contribution in [-0.2, 0) is 4.79 Å². The first-order valence-corrected chi connectivity index (χ1v) is 7.86. The minimum Gasteiger partial charge on any atom is -0.344 e. The number of carbonyl (C=O) groups is 1. The van der Waals surface area contributed by atoms with E-state index in [1.54, 1.807) is 20.2 Å². The molecule has 4 heteroatoms. The Balaban J connectivity index is 2.58. The molecule has 1 aromatic carbocycles. The first-order chi connectivity index (χ1) is 11.3. The third kappa shape index (κ3) is 3.26. The summed E-state index contributed by atoms with van der Waals surface area (Å²) in [7, 11) is 3.29. The minimum atomic E-state index is -0.284. The average Bonchev–Trinajstić information content (AvgIpc) is 2.79. The molecule has 24 heavy (non-hydrogen) atoms. The summed E-state index contributed by atoms with van der Waals surface area (Å²) < 4.78 is 2.16. The number of benzene rings is 1. The smallest absolute Gasteiger partial charge is 0.264 e. The number of nitrogens with zero attached hydrogens (tertiary/aromatic N) is 3. The van der Waals surface area contributed by atoms with Crippen molar-refractivity contribution in [2.45, 2.75) is 27.7 Å². The van der Waals surface area contributed by atoms with Gasteiger partial charge in [-0.2, -0.15) is 5.26 Å². The summed E-state index contributed by atoms with van der Waals surface area (Å²) in [5, 5.41) is 9.29. The standard InChI is InChI=1S/C20H23N3O/c1-13-7-8-19(14(2)9-13)23-15(3)10-17(16(23)4)11-18(12-21)20(24)22(5)6/h7-11H,1-6H3/b18-11-. The summed E-state index contributed by atoms with van der Waals surface area (Å²) in [6.45, 7) is 8.20. The van der Waals surface area contributed by atoms with E-state index in [-0.39, 0.29) is 11.5 Å². The molecule has 0 radical (unpaired) electrons. The highest BCUT2D eigenvalue weighted by Crippen LogP contribution is 2.25. The first kappa shape index (κ1) is 17.6. The Labute approximate surface area is 143 Å². The molecule has 1 aromatic heterocycles. The fourth-order valence-corrected chi connectivity index (χ4v) is 2.90. The van der Waals surface area contributed by atoms with E-state index >= 15 is 0 Å². The van der Waals surface area contributed by atoms with Gasteiger partial charge < -0.3 is 9.47 Å². The Morgan fingerprint density at radius 1 is 1.17 bits per heavy atom. The van der Waals surface area contributed by atoms with Crippen LogP contribution in [0.3, 0.4) is 0 Å². The molecule has 0 aliphatic heterocycles. The van der Waals surface area contributed by atoms with Gasteiger partial charge in [-0.25, -0.2) is 0 Å². The molecule has 124 valence electrons. The van der Waals surface area contributed by atoms with E-state index in [4.69, 9.17) is 0 Å². The van der Waals surface area contributed by atoms with Crippen molar-refractivity contribution in [3.8, 4) is 11.8 Å². The molecule has 0 saturated heterocycles. The van der Waals surface area contributed by atoms with Crippen molar-refractivity contribution in [1.82, 2.24) is 9.47 Å². The molecule has 0 unspecified atom stereocenters. The molecule has 0 bridgehead atoms. The predicted molar refractivity (Wildman–Crippen MR) is 97.0 cm³/mol. The number of nitriles is 1. The van der Waals surface area contributed by atoms with E-state index in [0.717, 1.165) is 22.6 Å². The number of likely N-dealkylation sites (N-methyl/N-ethyl adjacent to an activating group) is 1. The molecule has 0 N–H and O–H groups in total. The van der Waals surface area contributed by atoms with Crippen LogP contribution in [0, 0.1) is 39.0 Å². The number of hydrogen-bond acceptors (Lipinski definition) is 2. The summed E-state index contributed by atoms with van der Waals surface area (Å²) >= 11 is 0. The third-order valence-electron chi connectivity index (χ3n) is 4.12. The summed E-state index contributed by atoms with van der Waals surface area (Å²) in [6.07, 6.45) is 1.67. The van der Waals surface area contributed by atoms with Crippen LogP contribution in [0.1, 0.15) is 28.1 Å². The lowest BCUT2D eigenvalue weighted by Gasteiger charge is -2.13. The second-order valence-corrected chi connectivity index (χ2v) is 6.32. The highest BCUT2D eigenvalue weighted by atomic mass is 16.2. The van der Waals surface area contributed by atoms with Crippen LogP contribution >= 0.6 is 0 Å². The van der Waals surface area contributed by atoms with Crippen molar-refractivity contribution < 1.29 is 4.79 Å². The monoisotopic (exact) mass is 321 g/mol. The maximum absolute atomic E-state index is 12.1. The number of aromatic nitrogens is 1. The highest BCUT2D eigenvalue weighted by molar-refractivity contribution is 6.01. The number of amides is 1. The third-order valence-corrected chi connectivity index (χ3v) is 4.12. The Morgan fingerprint density at radius 3 is 2.38 bits per heavy atom. The van der Waals surface area contributed by atoms with E-state index in [1.165, 1.54) is 16.0 Å². The summed E-state index contributed by atoms with van der Waals surface area (Å²) in [5.41, 5.74) is 6.64. The number of hydrogen-bond donors (Lipinski definition) is 0. The van der Waals surface area contributed by atoms with Gasteiger partial charge in [-0.05, 0) is 57.0 Å². The lowest BCUT2D eigenvalue weighted by molar-refractivity contribution is -0.124. The lowest BCUT2D eigenvalue weighted by atomic mass is 10.1. The Bertz CT molecular complexity index is 864. The highest BCUT2D eigenvalue weighted by Gasteiger charge is 2.15. The van der Waals surface area contributed by atoms with Crippen LogP contribution in [0.25, 0.3) is 11.8 Å². The van der Waals surface area contributed by atoms with Gasteiger partial charge in [0.15, 0.2) is 0 Å². The number of carbonyl (C=O) groups excluding carboxylic acids is 1. The van der Waals surface area contributed by atoms with Gasteiger partial charge in [-0.1, -0.05) is 17.7 Å². The van der Waals surface area contributed by atoms with Gasteiger partial charge in [-0.3, -0.25) is 4.79 Å². The Morgan fingerprint density at radius 2 is 1.83 bits per heavy atom. The van der Waals surface area contributed by atoms with Gasteiger partial charge >= 0.3 is 0 Å². The molecule has 0 aliphatic carbocycles. The van der Waals surface area contributed by atoms with Crippen molar-refractivity contribution in [2.24, 2.45) is 0 Å². The number of rotatable bonds is 3. The molecular formula is C20H23N3O. The van der Waals surface area contributed by atoms with E-state index in [9.17, 15) is 10.1 Å². The topological polar surface area (TPSA) is 49.0 Å². The summed E-state index contributed by atoms with van der Waals surface area (Å²) in [4.78, 5) is 13.5. The van der Waals surface area contributed by atoms with Gasteiger partial charge in [-0.15, -0.1) is 0 Å². The zero-order valence-electron chi connectivity index (χ0n) is 15.1. The van der Waals surface area contributed by atoms with Gasteiger partial charge in [0, 0.05) is 31.2 Å². The summed E-state index contributed by atoms with van der Waals surface area (Å²) in [5.74, 6) is -0.284. The van der Waals surface area contributed by atoms with Crippen molar-refractivity contribution in [1.29, 1.82) is 5.26 Å². The molecular weight excluding hydrogens is 298 g/mol. The molecule has 2 aromatic rings. The van der Waals surface area contributed by atoms with Crippen LogP contribution in [0.15, 0.2) is 29.8 Å². The predicted octanol–water partition coefficient (Wildman–Crippen LogP) is 3.71. The Hall–Kier alpha value is -2.80. The van der Waals surface area contributed by atoms with E-state index in [0.29, 0.717) is 0 Å². The maximum atomic E-state index is 12.1. The number of aryl methyl sites for hydroxylation is 3. The van der Waals surface area contributed by atoms with Gasteiger partial charge in [0.25, 0.3) is 5.91 Å². The molecule has 1 heterocycles. The van der Waals surface area contributed by atoms with Crippen molar-refractivity contribution in [2.75, 3.05) is 14.1 Å². The first-order valence-electron chi connectivity index (χ1n) is 7.86. The normalized spacial score (nSPS) is 11.3.